The lowest BCUT2D eigenvalue weighted by Gasteiger charge is -2.29. The molecule has 2 aliphatic rings. The number of aromatic nitrogens is 4. The van der Waals surface area contributed by atoms with Gasteiger partial charge in [0, 0.05) is 24.2 Å². The second kappa shape index (κ2) is 17.4. The molecule has 0 bridgehead atoms. The Morgan fingerprint density at radius 3 is 1.30 bits per heavy atom. The van der Waals surface area contributed by atoms with Crippen LogP contribution >= 0.6 is 23.2 Å². The maximum absolute atomic E-state index is 13.6. The van der Waals surface area contributed by atoms with Crippen molar-refractivity contribution in [3.05, 3.63) is 70.5 Å². The number of halogens is 2. The van der Waals surface area contributed by atoms with Gasteiger partial charge in [0.1, 0.15) is 23.7 Å². The zero-order chi connectivity index (χ0) is 40.3. The number of imidazole rings is 2. The van der Waals surface area contributed by atoms with Crippen LogP contribution in [0.3, 0.4) is 0 Å². The van der Waals surface area contributed by atoms with Crippen LogP contribution in [-0.2, 0) is 19.1 Å². The average molecular weight is 808 g/mol. The number of likely N-dealkylation sites (tertiary alicyclic amines) is 2. The van der Waals surface area contributed by atoms with Crippen LogP contribution in [0.15, 0.2) is 48.5 Å². The standard InChI is InChI=1S/C40H48Cl2N8O6/c1-21(2)29(45-39(53)55-5)37(51)49-19-7-9-27(49)35-43-31(33(41)47-35)25-15-11-23(12-16-25)24-13-17-26(18-14-24)32-34(42)48-36(44-32)28-10-8-20-50(28)38(52)30(22(3)4)46-40(54)56-6/h11-18,21-22,27-30H,7-10,19-20H2,1-6H3,(H,43,47)(H,44,48)(H,45,53)(H,46,54)/t27-,28-,29-,30?/m0/s1. The third kappa shape index (κ3) is 8.51. The molecule has 2 aliphatic heterocycles. The van der Waals surface area contributed by atoms with Crippen LogP contribution in [-0.4, -0.2) is 93.1 Å². The first kappa shape index (κ1) is 40.6. The molecule has 4 N–H and O–H groups in total. The van der Waals surface area contributed by atoms with Gasteiger partial charge in [-0.25, -0.2) is 19.6 Å². The largest absolute Gasteiger partial charge is 0.453 e. The van der Waals surface area contributed by atoms with Crippen molar-refractivity contribution in [3.63, 3.8) is 0 Å². The quantitative estimate of drug-likeness (QED) is 0.120. The summed E-state index contributed by atoms with van der Waals surface area (Å²) in [6, 6.07) is 13.8. The molecule has 4 aromatic rings. The highest BCUT2D eigenvalue weighted by molar-refractivity contribution is 6.32. The Morgan fingerprint density at radius 1 is 0.643 bits per heavy atom. The molecule has 0 saturated carbocycles. The Hall–Kier alpha value is -5.08. The Labute approximate surface area is 336 Å². The van der Waals surface area contributed by atoms with Crippen molar-refractivity contribution in [2.45, 2.75) is 77.5 Å². The van der Waals surface area contributed by atoms with Gasteiger partial charge in [0.25, 0.3) is 0 Å². The zero-order valence-electron chi connectivity index (χ0n) is 32.3. The van der Waals surface area contributed by atoms with Crippen LogP contribution in [0.25, 0.3) is 33.6 Å². The van der Waals surface area contributed by atoms with Crippen molar-refractivity contribution in [2.75, 3.05) is 27.3 Å². The molecule has 298 valence electrons. The van der Waals surface area contributed by atoms with Crippen molar-refractivity contribution < 1.29 is 28.7 Å². The van der Waals surface area contributed by atoms with E-state index in [1.165, 1.54) is 14.2 Å². The minimum absolute atomic E-state index is 0.140. The van der Waals surface area contributed by atoms with Crippen molar-refractivity contribution in [2.24, 2.45) is 11.8 Å². The topological polar surface area (TPSA) is 175 Å². The second-order valence-corrected chi connectivity index (χ2v) is 15.5. The Bertz CT molecular complexity index is 1900. The molecule has 2 aromatic heterocycles. The van der Waals surface area contributed by atoms with Gasteiger partial charge >= 0.3 is 12.2 Å². The normalized spacial score (nSPS) is 18.0. The molecule has 0 aliphatic carbocycles. The van der Waals surface area contributed by atoms with Crippen molar-refractivity contribution in [1.29, 1.82) is 0 Å². The summed E-state index contributed by atoms with van der Waals surface area (Å²) >= 11 is 13.3. The summed E-state index contributed by atoms with van der Waals surface area (Å²) in [5.74, 6) is 0.536. The maximum Gasteiger partial charge on any atom is 0.407 e. The number of nitrogens with one attached hydrogen (secondary N) is 4. The summed E-state index contributed by atoms with van der Waals surface area (Å²) in [5.41, 5.74) is 4.96. The van der Waals surface area contributed by atoms with E-state index in [9.17, 15) is 19.2 Å². The Kier molecular flexibility index (Phi) is 12.6. The monoisotopic (exact) mass is 806 g/mol. The molecule has 2 fully saturated rings. The van der Waals surface area contributed by atoms with Gasteiger partial charge in [0.05, 0.1) is 37.7 Å². The summed E-state index contributed by atoms with van der Waals surface area (Å²) in [6.07, 6.45) is 1.72. The molecule has 56 heavy (non-hydrogen) atoms. The van der Waals surface area contributed by atoms with E-state index in [-0.39, 0.29) is 35.7 Å². The molecule has 4 amide bonds. The fourth-order valence-corrected chi connectivity index (χ4v) is 7.98. The van der Waals surface area contributed by atoms with Gasteiger partial charge in [-0.1, -0.05) is 99.4 Å². The van der Waals surface area contributed by atoms with Crippen molar-refractivity contribution >= 4 is 47.2 Å². The molecule has 1 unspecified atom stereocenters. The van der Waals surface area contributed by atoms with Crippen LogP contribution in [0.2, 0.25) is 10.3 Å². The van der Waals surface area contributed by atoms with E-state index >= 15 is 0 Å². The lowest BCUT2D eigenvalue weighted by atomic mass is 10.0. The van der Waals surface area contributed by atoms with E-state index in [4.69, 9.17) is 32.7 Å². The highest BCUT2D eigenvalue weighted by Crippen LogP contribution is 2.38. The number of H-pyrrole nitrogens is 2. The van der Waals surface area contributed by atoms with Crippen LogP contribution in [0.4, 0.5) is 9.59 Å². The summed E-state index contributed by atoms with van der Waals surface area (Å²) in [6.45, 7) is 8.60. The summed E-state index contributed by atoms with van der Waals surface area (Å²) in [5, 5.41) is 5.96. The molecule has 0 spiro atoms. The molecule has 14 nitrogen and oxygen atoms in total. The predicted octanol–water partition coefficient (Wildman–Crippen LogP) is 7.53. The molecule has 2 aromatic carbocycles. The van der Waals surface area contributed by atoms with Crippen LogP contribution < -0.4 is 10.6 Å². The molecule has 4 heterocycles. The van der Waals surface area contributed by atoms with E-state index in [0.29, 0.717) is 59.3 Å². The molecular formula is C40H48Cl2N8O6. The van der Waals surface area contributed by atoms with Gasteiger partial charge in [-0.3, -0.25) is 9.59 Å². The van der Waals surface area contributed by atoms with Gasteiger partial charge < -0.3 is 39.9 Å². The Morgan fingerprint density at radius 2 is 0.982 bits per heavy atom. The van der Waals surface area contributed by atoms with Crippen molar-refractivity contribution in [3.8, 4) is 33.6 Å². The first-order valence-corrected chi connectivity index (χ1v) is 19.6. The van der Waals surface area contributed by atoms with Crippen LogP contribution in [0.5, 0.6) is 0 Å². The second-order valence-electron chi connectivity index (χ2n) is 14.8. The van der Waals surface area contributed by atoms with Crippen LogP contribution in [0.1, 0.15) is 77.1 Å². The number of carbonyl (C=O) groups is 4. The first-order valence-electron chi connectivity index (χ1n) is 18.8. The van der Waals surface area contributed by atoms with Gasteiger partial charge in [-0.05, 0) is 48.6 Å². The SMILES string of the molecule is COC(=O)NC(C(=O)N1CCC[C@H]1c1nc(Cl)c(-c2ccc(-c3ccc(-c4[nH]c([C@@H]5CCCN5C(=O)[C@@H](NC(=O)OC)C(C)C)nc4Cl)cc3)cc2)[nH]1)C(C)C. The van der Waals surface area contributed by atoms with Gasteiger partial charge in [-0.2, -0.15) is 0 Å². The number of alkyl carbamates (subject to hydrolysis) is 2. The van der Waals surface area contributed by atoms with Gasteiger partial charge in [0.2, 0.25) is 11.8 Å². The van der Waals surface area contributed by atoms with E-state index < -0.39 is 24.3 Å². The number of methoxy groups -OCH3 is 2. The fourth-order valence-electron chi connectivity index (χ4n) is 7.48. The smallest absolute Gasteiger partial charge is 0.407 e. The molecule has 16 heteroatoms. The molecule has 6 rings (SSSR count). The fraction of sp³-hybridized carbons (Fsp3) is 0.450. The molecule has 2 saturated heterocycles. The van der Waals surface area contributed by atoms with Crippen LogP contribution in [0, 0.1) is 11.8 Å². The van der Waals surface area contributed by atoms with E-state index in [1.54, 1.807) is 9.80 Å². The van der Waals surface area contributed by atoms with Crippen molar-refractivity contribution in [1.82, 2.24) is 40.4 Å². The average Bonchev–Trinajstić information content (AvgIpc) is 4.02. The summed E-state index contributed by atoms with van der Waals surface area (Å²) in [7, 11) is 2.55. The third-order valence-corrected chi connectivity index (χ3v) is 11.1. The summed E-state index contributed by atoms with van der Waals surface area (Å²) < 4.78 is 9.50. The molecule has 0 radical (unpaired) electrons. The van der Waals surface area contributed by atoms with Gasteiger partial charge in [-0.15, -0.1) is 0 Å². The third-order valence-electron chi connectivity index (χ3n) is 10.5. The number of aromatic amines is 2. The number of rotatable bonds is 11. The highest BCUT2D eigenvalue weighted by Gasteiger charge is 2.39. The zero-order valence-corrected chi connectivity index (χ0v) is 33.8. The number of nitrogens with zero attached hydrogens (tertiary/aromatic N) is 4. The summed E-state index contributed by atoms with van der Waals surface area (Å²) in [4.78, 5) is 70.6. The van der Waals surface area contributed by atoms with E-state index in [2.05, 4.69) is 30.6 Å². The van der Waals surface area contributed by atoms with E-state index in [0.717, 1.165) is 35.1 Å². The molecular weight excluding hydrogens is 759 g/mol. The number of benzene rings is 2. The number of amides is 4. The minimum Gasteiger partial charge on any atom is -0.453 e. The number of hydrogen-bond donors (Lipinski definition) is 4. The van der Waals surface area contributed by atoms with Gasteiger partial charge in [0.15, 0.2) is 10.3 Å². The lowest BCUT2D eigenvalue weighted by Crippen LogP contribution is -2.51. The Balaban J connectivity index is 1.15. The highest BCUT2D eigenvalue weighted by atomic mass is 35.5. The minimum atomic E-state index is -0.731. The molecule has 4 atom stereocenters. The number of hydrogen-bond acceptors (Lipinski definition) is 8. The predicted molar refractivity (Wildman–Crippen MR) is 213 cm³/mol. The lowest BCUT2D eigenvalue weighted by molar-refractivity contribution is -0.136. The maximum atomic E-state index is 13.6. The first-order chi connectivity index (χ1) is 26.8. The van der Waals surface area contributed by atoms with E-state index in [1.807, 2.05) is 76.2 Å². The number of ether oxygens (including phenoxy) is 2. The number of carbonyl (C=O) groups excluding carboxylic acids is 4.